The lowest BCUT2D eigenvalue weighted by atomic mass is 9.64. The second-order valence-electron chi connectivity index (χ2n) is 7.51. The van der Waals surface area contributed by atoms with E-state index in [1.807, 2.05) is 0 Å². The predicted octanol–water partition coefficient (Wildman–Crippen LogP) is 5.93. The van der Waals surface area contributed by atoms with Gasteiger partial charge >= 0.3 is 0 Å². The molecule has 0 bridgehead atoms. The Kier molecular flexibility index (Phi) is 4.54. The van der Waals surface area contributed by atoms with E-state index in [4.69, 9.17) is 11.6 Å². The Bertz CT molecular complexity index is 487. The van der Waals surface area contributed by atoms with Gasteiger partial charge in [-0.25, -0.2) is 0 Å². The molecule has 0 aliphatic heterocycles. The van der Waals surface area contributed by atoms with Gasteiger partial charge in [0.15, 0.2) is 0 Å². The van der Waals surface area contributed by atoms with Gasteiger partial charge in [0.05, 0.1) is 0 Å². The number of rotatable bonds is 2. The zero-order valence-corrected chi connectivity index (χ0v) is 14.6. The molecule has 1 fully saturated rings. The van der Waals surface area contributed by atoms with Gasteiger partial charge in [0, 0.05) is 5.38 Å². The van der Waals surface area contributed by atoms with E-state index in [2.05, 4.69) is 53.7 Å². The van der Waals surface area contributed by atoms with Crippen LogP contribution in [0.4, 0.5) is 0 Å². The van der Waals surface area contributed by atoms with Crippen molar-refractivity contribution in [3.05, 3.63) is 34.4 Å². The smallest absolute Gasteiger partial charge is 0.0375 e. The first-order chi connectivity index (χ1) is 9.23. The van der Waals surface area contributed by atoms with Gasteiger partial charge in [-0.3, -0.25) is 0 Å². The Balaban J connectivity index is 2.37. The summed E-state index contributed by atoms with van der Waals surface area (Å²) in [5.41, 5.74) is 5.86. The van der Waals surface area contributed by atoms with Gasteiger partial charge in [-0.2, -0.15) is 0 Å². The molecule has 1 aliphatic rings. The molecule has 112 valence electrons. The van der Waals surface area contributed by atoms with Crippen molar-refractivity contribution in [2.24, 2.45) is 11.8 Å². The molecular formula is C19H29Cl. The molecule has 20 heavy (non-hydrogen) atoms. The first-order valence-electron chi connectivity index (χ1n) is 7.96. The Morgan fingerprint density at radius 3 is 2.20 bits per heavy atom. The van der Waals surface area contributed by atoms with Crippen LogP contribution in [0, 0.1) is 32.6 Å². The maximum Gasteiger partial charge on any atom is 0.0375 e. The molecule has 1 heteroatoms. The quantitative estimate of drug-likeness (QED) is 0.592. The first-order valence-corrected chi connectivity index (χ1v) is 8.39. The third-order valence-electron chi connectivity index (χ3n) is 5.50. The number of alkyl halides is 1. The highest BCUT2D eigenvalue weighted by Crippen LogP contribution is 2.45. The molecule has 0 aromatic heterocycles. The molecule has 1 aromatic carbocycles. The minimum absolute atomic E-state index is 0.162. The van der Waals surface area contributed by atoms with E-state index in [9.17, 15) is 0 Å². The van der Waals surface area contributed by atoms with Crippen LogP contribution >= 0.6 is 11.6 Å². The zero-order valence-electron chi connectivity index (χ0n) is 13.9. The summed E-state index contributed by atoms with van der Waals surface area (Å²) in [6, 6.07) is 4.73. The second-order valence-corrected chi connectivity index (χ2v) is 8.07. The lowest BCUT2D eigenvalue weighted by Crippen LogP contribution is -2.39. The molecule has 0 amide bonds. The Morgan fingerprint density at radius 1 is 1.00 bits per heavy atom. The van der Waals surface area contributed by atoms with E-state index in [-0.39, 0.29) is 5.41 Å². The van der Waals surface area contributed by atoms with Gasteiger partial charge in [0.2, 0.25) is 0 Å². The molecule has 1 aliphatic carbocycles. The van der Waals surface area contributed by atoms with E-state index in [1.165, 1.54) is 41.5 Å². The molecule has 3 atom stereocenters. The predicted molar refractivity (Wildman–Crippen MR) is 89.8 cm³/mol. The van der Waals surface area contributed by atoms with Crippen LogP contribution in [0.25, 0.3) is 0 Å². The van der Waals surface area contributed by atoms with Gasteiger partial charge in [-0.15, -0.1) is 11.6 Å². The van der Waals surface area contributed by atoms with Gasteiger partial charge in [-0.05, 0) is 73.1 Å². The molecule has 0 saturated heterocycles. The van der Waals surface area contributed by atoms with Crippen LogP contribution in [0.3, 0.4) is 0 Å². The van der Waals surface area contributed by atoms with Crippen molar-refractivity contribution in [2.45, 2.75) is 71.6 Å². The van der Waals surface area contributed by atoms with Gasteiger partial charge < -0.3 is 0 Å². The topological polar surface area (TPSA) is 0 Å². The van der Waals surface area contributed by atoms with E-state index in [1.54, 1.807) is 0 Å². The fourth-order valence-corrected chi connectivity index (χ4v) is 4.72. The van der Waals surface area contributed by atoms with Crippen molar-refractivity contribution >= 4 is 11.6 Å². The third kappa shape index (κ3) is 2.91. The normalized spacial score (nSPS) is 27.6. The first kappa shape index (κ1) is 15.9. The van der Waals surface area contributed by atoms with E-state index >= 15 is 0 Å². The van der Waals surface area contributed by atoms with Crippen molar-refractivity contribution < 1.29 is 0 Å². The average Bonchev–Trinajstić information content (AvgIpc) is 2.33. The monoisotopic (exact) mass is 292 g/mol. The molecule has 1 saturated carbocycles. The van der Waals surface area contributed by atoms with Crippen LogP contribution in [0.15, 0.2) is 12.1 Å². The Hall–Kier alpha value is -0.490. The van der Waals surface area contributed by atoms with Crippen LogP contribution in [0.5, 0.6) is 0 Å². The molecule has 2 rings (SSSR count). The summed E-state index contributed by atoms with van der Waals surface area (Å²) < 4.78 is 0. The van der Waals surface area contributed by atoms with Crippen molar-refractivity contribution in [1.29, 1.82) is 0 Å². The largest absolute Gasteiger partial charge is 0.123 e. The molecule has 3 unspecified atom stereocenters. The van der Waals surface area contributed by atoms with Crippen LogP contribution in [0.1, 0.15) is 62.3 Å². The van der Waals surface area contributed by atoms with Crippen molar-refractivity contribution in [1.82, 2.24) is 0 Å². The highest BCUT2D eigenvalue weighted by Gasteiger charge is 2.39. The fourth-order valence-electron chi connectivity index (χ4n) is 3.98. The SMILES string of the molecule is Cc1cc(C)c(C(C)(C)C2CCC(C)CC2Cl)cc1C. The summed E-state index contributed by atoms with van der Waals surface area (Å²) in [5, 5.41) is 0.315. The number of aryl methyl sites for hydroxylation is 3. The fraction of sp³-hybridized carbons (Fsp3) is 0.684. The Morgan fingerprint density at radius 2 is 1.60 bits per heavy atom. The lowest BCUT2D eigenvalue weighted by molar-refractivity contribution is 0.207. The molecule has 0 heterocycles. The maximum atomic E-state index is 6.74. The number of benzene rings is 1. The van der Waals surface area contributed by atoms with Crippen LogP contribution < -0.4 is 0 Å². The maximum absolute atomic E-state index is 6.74. The third-order valence-corrected chi connectivity index (χ3v) is 5.98. The van der Waals surface area contributed by atoms with Gasteiger partial charge in [0.1, 0.15) is 0 Å². The summed E-state index contributed by atoms with van der Waals surface area (Å²) in [4.78, 5) is 0. The molecule has 0 spiro atoms. The highest BCUT2D eigenvalue weighted by atomic mass is 35.5. The number of hydrogen-bond acceptors (Lipinski definition) is 0. The number of halogens is 1. The second kappa shape index (κ2) is 5.72. The van der Waals surface area contributed by atoms with Crippen molar-refractivity contribution in [3.8, 4) is 0 Å². The summed E-state index contributed by atoms with van der Waals surface area (Å²) in [5.74, 6) is 1.37. The Labute approximate surface area is 129 Å². The van der Waals surface area contributed by atoms with Crippen LogP contribution in [0.2, 0.25) is 0 Å². The summed E-state index contributed by atoms with van der Waals surface area (Å²) in [6.07, 6.45) is 3.75. The minimum Gasteiger partial charge on any atom is -0.123 e. The average molecular weight is 293 g/mol. The molecule has 0 radical (unpaired) electrons. The molecule has 0 nitrogen and oxygen atoms in total. The van der Waals surface area contributed by atoms with Crippen molar-refractivity contribution in [2.75, 3.05) is 0 Å². The lowest BCUT2D eigenvalue weighted by Gasteiger charge is -2.43. The van der Waals surface area contributed by atoms with Gasteiger partial charge in [0.25, 0.3) is 0 Å². The van der Waals surface area contributed by atoms with Crippen LogP contribution in [-0.2, 0) is 5.41 Å². The number of hydrogen-bond donors (Lipinski definition) is 0. The minimum atomic E-state index is 0.162. The zero-order chi connectivity index (χ0) is 15.1. The molecule has 0 N–H and O–H groups in total. The van der Waals surface area contributed by atoms with E-state index in [0.717, 1.165) is 5.92 Å². The summed E-state index contributed by atoms with van der Waals surface area (Å²) in [6.45, 7) is 13.8. The summed E-state index contributed by atoms with van der Waals surface area (Å²) >= 11 is 6.74. The molecule has 1 aromatic rings. The standard InChI is InChI=1S/C19H29Cl/c1-12-7-8-16(18(20)9-12)19(5,6)17-11-14(3)13(2)10-15(17)4/h10-12,16,18H,7-9H2,1-6H3. The summed E-state index contributed by atoms with van der Waals surface area (Å²) in [7, 11) is 0. The van der Waals surface area contributed by atoms with Crippen LogP contribution in [-0.4, -0.2) is 5.38 Å². The van der Waals surface area contributed by atoms with Gasteiger partial charge in [-0.1, -0.05) is 39.3 Å². The van der Waals surface area contributed by atoms with E-state index < -0.39 is 0 Å². The van der Waals surface area contributed by atoms with Crippen molar-refractivity contribution in [3.63, 3.8) is 0 Å². The highest BCUT2D eigenvalue weighted by molar-refractivity contribution is 6.20. The van der Waals surface area contributed by atoms with E-state index in [0.29, 0.717) is 11.3 Å². The molecular weight excluding hydrogens is 264 g/mol.